The highest BCUT2D eigenvalue weighted by Gasteiger charge is 2.09. The van der Waals surface area contributed by atoms with Gasteiger partial charge in [-0.05, 0) is 32.9 Å². The zero-order valence-corrected chi connectivity index (χ0v) is 12.0. The molecule has 1 aromatic heterocycles. The Kier molecular flexibility index (Phi) is 6.39. The van der Waals surface area contributed by atoms with E-state index in [1.807, 2.05) is 0 Å². The van der Waals surface area contributed by atoms with E-state index in [4.69, 9.17) is 9.47 Å². The van der Waals surface area contributed by atoms with Crippen LogP contribution < -0.4 is 5.32 Å². The van der Waals surface area contributed by atoms with Crippen LogP contribution in [0.2, 0.25) is 0 Å². The maximum absolute atomic E-state index is 5.74. The van der Waals surface area contributed by atoms with Gasteiger partial charge in [0.2, 0.25) is 0 Å². The van der Waals surface area contributed by atoms with Crippen LogP contribution in [0.1, 0.15) is 26.5 Å². The monoisotopic (exact) mass is 254 g/mol. The maximum Gasteiger partial charge on any atom is 0.0652 e. The van der Waals surface area contributed by atoms with Crippen LogP contribution in [0.25, 0.3) is 0 Å². The molecule has 18 heavy (non-hydrogen) atoms. The summed E-state index contributed by atoms with van der Waals surface area (Å²) in [4.78, 5) is 0. The molecule has 0 aliphatic heterocycles. The Morgan fingerprint density at radius 1 is 1.28 bits per heavy atom. The van der Waals surface area contributed by atoms with Crippen molar-refractivity contribution in [2.24, 2.45) is 0 Å². The van der Waals surface area contributed by atoms with Crippen LogP contribution in [-0.2, 0) is 22.6 Å². The van der Waals surface area contributed by atoms with E-state index in [1.54, 1.807) is 7.11 Å². The first-order valence-electron chi connectivity index (χ1n) is 6.50. The van der Waals surface area contributed by atoms with E-state index < -0.39 is 0 Å². The molecular weight excluding hydrogens is 228 g/mol. The van der Waals surface area contributed by atoms with Crippen LogP contribution in [0, 0.1) is 0 Å². The second kappa shape index (κ2) is 7.56. The number of ether oxygens (including phenoxy) is 2. The molecule has 0 atom stereocenters. The maximum atomic E-state index is 5.74. The molecule has 104 valence electrons. The minimum Gasteiger partial charge on any atom is -0.383 e. The molecule has 0 fully saturated rings. The molecule has 1 aromatic rings. The summed E-state index contributed by atoms with van der Waals surface area (Å²) in [6.45, 7) is 10.4. The lowest BCUT2D eigenvalue weighted by atomic mass is 10.2. The molecule has 0 bridgehead atoms. The van der Waals surface area contributed by atoms with E-state index in [9.17, 15) is 0 Å². The highest BCUT2D eigenvalue weighted by atomic mass is 16.5. The van der Waals surface area contributed by atoms with Gasteiger partial charge in [-0.3, -0.25) is 0 Å². The molecule has 0 saturated carbocycles. The van der Waals surface area contributed by atoms with Crippen LogP contribution in [0.4, 0.5) is 0 Å². The van der Waals surface area contributed by atoms with Gasteiger partial charge >= 0.3 is 0 Å². The predicted octanol–water partition coefficient (Wildman–Crippen LogP) is 2.04. The van der Waals surface area contributed by atoms with Gasteiger partial charge in [0.1, 0.15) is 0 Å². The van der Waals surface area contributed by atoms with Crippen molar-refractivity contribution < 1.29 is 9.47 Å². The fourth-order valence-corrected chi connectivity index (χ4v) is 1.67. The van der Waals surface area contributed by atoms with Gasteiger partial charge in [-0.15, -0.1) is 0 Å². The first-order chi connectivity index (χ1) is 8.53. The Balaban J connectivity index is 2.31. The third-order valence-corrected chi connectivity index (χ3v) is 2.58. The Morgan fingerprint density at radius 2 is 2.06 bits per heavy atom. The first-order valence-corrected chi connectivity index (χ1v) is 6.50. The van der Waals surface area contributed by atoms with Gasteiger partial charge in [-0.25, -0.2) is 0 Å². The molecule has 4 heteroatoms. The largest absolute Gasteiger partial charge is 0.383 e. The number of hydrogen-bond donors (Lipinski definition) is 1. The molecule has 0 aliphatic rings. The summed E-state index contributed by atoms with van der Waals surface area (Å²) >= 11 is 0. The Hall–Kier alpha value is -0.840. The van der Waals surface area contributed by atoms with E-state index in [-0.39, 0.29) is 5.60 Å². The molecule has 4 nitrogen and oxygen atoms in total. The van der Waals surface area contributed by atoms with E-state index in [0.717, 1.165) is 32.8 Å². The average molecular weight is 254 g/mol. The average Bonchev–Trinajstić information content (AvgIpc) is 2.71. The zero-order chi connectivity index (χ0) is 13.4. The van der Waals surface area contributed by atoms with Crippen molar-refractivity contribution in [3.8, 4) is 0 Å². The second-order valence-corrected chi connectivity index (χ2v) is 5.32. The highest BCUT2D eigenvalue weighted by Crippen LogP contribution is 2.08. The van der Waals surface area contributed by atoms with Gasteiger partial charge in [0.15, 0.2) is 0 Å². The van der Waals surface area contributed by atoms with E-state index in [1.165, 1.54) is 5.69 Å². The summed E-state index contributed by atoms with van der Waals surface area (Å²) in [7, 11) is 1.72. The number of hydrogen-bond acceptors (Lipinski definition) is 3. The molecular formula is C14H26N2O2. The highest BCUT2D eigenvalue weighted by molar-refractivity contribution is 5.06. The van der Waals surface area contributed by atoms with Crippen molar-refractivity contribution >= 4 is 0 Å². The number of methoxy groups -OCH3 is 1. The summed E-state index contributed by atoms with van der Waals surface area (Å²) in [5.41, 5.74) is 1.22. The fraction of sp³-hybridized carbons (Fsp3) is 0.714. The molecule has 0 unspecified atom stereocenters. The Morgan fingerprint density at radius 3 is 2.72 bits per heavy atom. The summed E-state index contributed by atoms with van der Waals surface area (Å²) in [5, 5.41) is 3.35. The second-order valence-electron chi connectivity index (χ2n) is 5.32. The SMILES string of the molecule is COCCNCc1cccn1CCOC(C)(C)C. The first kappa shape index (κ1) is 15.2. The predicted molar refractivity (Wildman–Crippen MR) is 73.7 cm³/mol. The topological polar surface area (TPSA) is 35.4 Å². The van der Waals surface area contributed by atoms with Crippen molar-refractivity contribution in [1.29, 1.82) is 0 Å². The standard InChI is InChI=1S/C14H26N2O2/c1-14(2,3)18-11-9-16-8-5-6-13(16)12-15-7-10-17-4/h5-6,8,15H,7,9-12H2,1-4H3. The molecule has 0 amide bonds. The summed E-state index contributed by atoms with van der Waals surface area (Å²) in [5.74, 6) is 0. The molecule has 0 aromatic carbocycles. The van der Waals surface area contributed by atoms with E-state index in [0.29, 0.717) is 0 Å². The smallest absolute Gasteiger partial charge is 0.0652 e. The molecule has 0 radical (unpaired) electrons. The Bertz CT molecular complexity index is 329. The normalized spacial score (nSPS) is 12.0. The van der Waals surface area contributed by atoms with Crippen molar-refractivity contribution in [1.82, 2.24) is 9.88 Å². The molecule has 1 rings (SSSR count). The molecule has 0 saturated heterocycles. The van der Waals surface area contributed by atoms with Crippen molar-refractivity contribution in [3.05, 3.63) is 24.0 Å². The van der Waals surface area contributed by atoms with E-state index in [2.05, 4.69) is 49.0 Å². The van der Waals surface area contributed by atoms with Gasteiger partial charge in [-0.2, -0.15) is 0 Å². The minimum absolute atomic E-state index is 0.0654. The Labute approximate surface area is 110 Å². The van der Waals surface area contributed by atoms with Gasteiger partial charge in [0.05, 0.1) is 18.8 Å². The van der Waals surface area contributed by atoms with Crippen molar-refractivity contribution in [3.63, 3.8) is 0 Å². The summed E-state index contributed by atoms with van der Waals surface area (Å²) in [6.07, 6.45) is 2.10. The van der Waals surface area contributed by atoms with Gasteiger partial charge in [0.25, 0.3) is 0 Å². The number of aromatic nitrogens is 1. The van der Waals surface area contributed by atoms with Gasteiger partial charge in [-0.1, -0.05) is 0 Å². The minimum atomic E-state index is -0.0654. The lowest BCUT2D eigenvalue weighted by Gasteiger charge is -2.20. The van der Waals surface area contributed by atoms with Crippen LogP contribution in [0.5, 0.6) is 0 Å². The number of nitrogens with one attached hydrogen (secondary N) is 1. The third kappa shape index (κ3) is 6.19. The summed E-state index contributed by atoms with van der Waals surface area (Å²) < 4.78 is 13.0. The summed E-state index contributed by atoms with van der Waals surface area (Å²) in [6, 6.07) is 4.21. The molecule has 0 spiro atoms. The van der Waals surface area contributed by atoms with Crippen LogP contribution in [0.3, 0.4) is 0 Å². The van der Waals surface area contributed by atoms with Crippen molar-refractivity contribution in [2.75, 3.05) is 26.9 Å². The van der Waals surface area contributed by atoms with Crippen LogP contribution in [0.15, 0.2) is 18.3 Å². The molecule has 1 heterocycles. The molecule has 0 aliphatic carbocycles. The quantitative estimate of drug-likeness (QED) is 0.721. The lowest BCUT2D eigenvalue weighted by molar-refractivity contribution is -0.00703. The lowest BCUT2D eigenvalue weighted by Crippen LogP contribution is -2.23. The van der Waals surface area contributed by atoms with Gasteiger partial charge < -0.3 is 19.4 Å². The number of nitrogens with zero attached hydrogens (tertiary/aromatic N) is 1. The van der Waals surface area contributed by atoms with Crippen LogP contribution in [-0.4, -0.2) is 37.0 Å². The van der Waals surface area contributed by atoms with Gasteiger partial charge in [0, 0.05) is 38.6 Å². The third-order valence-electron chi connectivity index (χ3n) is 2.58. The number of rotatable bonds is 8. The fourth-order valence-electron chi connectivity index (χ4n) is 1.67. The van der Waals surface area contributed by atoms with Crippen LogP contribution >= 0.6 is 0 Å². The van der Waals surface area contributed by atoms with E-state index >= 15 is 0 Å². The molecule has 1 N–H and O–H groups in total. The zero-order valence-electron chi connectivity index (χ0n) is 12.0. The van der Waals surface area contributed by atoms with Crippen molar-refractivity contribution in [2.45, 2.75) is 39.5 Å².